The molecule has 5 heterocycles. The maximum Gasteiger partial charge on any atom is 0.410 e. The van der Waals surface area contributed by atoms with Crippen LogP contribution in [-0.2, 0) is 14.2 Å². The number of aromatic nitrogens is 4. The number of carbonyl (C=O) groups is 1. The molecule has 2 aromatic heterocycles. The highest BCUT2D eigenvalue weighted by Crippen LogP contribution is 2.36. The Kier molecular flexibility index (Phi) is 5.94. The van der Waals surface area contributed by atoms with Crippen molar-refractivity contribution in [2.45, 2.75) is 56.9 Å². The zero-order valence-electron chi connectivity index (χ0n) is 20.4. The minimum absolute atomic E-state index is 0.0792. The standard InChI is InChI=1S/C24H26ClFN6O5/c1-10(2)32-16-5-11(4-14(26)19(16)29-21(32)17-9-36-24(34)31(17)3)18-13(25)7-27-23(30-18)28-15-6-12-8-35-22(37-12)20(15)33/h4-5,7,10,12,15,17,20,22,33H,6,8-9H2,1-3H3,(H,27,28,30)/t12-,15+,17-,20-,22+/m0/s1. The summed E-state index contributed by atoms with van der Waals surface area (Å²) in [5.74, 6) is 0.237. The number of hydrogen-bond donors (Lipinski definition) is 2. The van der Waals surface area contributed by atoms with Crippen LogP contribution in [0.4, 0.5) is 15.1 Å². The maximum absolute atomic E-state index is 15.4. The number of halogens is 2. The number of benzene rings is 1. The Hall–Kier alpha value is -3.06. The topological polar surface area (TPSA) is 124 Å². The summed E-state index contributed by atoms with van der Waals surface area (Å²) in [5.41, 5.74) is 1.50. The first-order valence-corrected chi connectivity index (χ1v) is 12.4. The molecule has 1 amide bonds. The predicted molar refractivity (Wildman–Crippen MR) is 131 cm³/mol. The molecule has 11 nitrogen and oxygen atoms in total. The third-order valence-corrected chi connectivity index (χ3v) is 7.30. The lowest BCUT2D eigenvalue weighted by Gasteiger charge is -2.32. The molecule has 37 heavy (non-hydrogen) atoms. The highest BCUT2D eigenvalue weighted by Gasteiger charge is 2.43. The van der Waals surface area contributed by atoms with Crippen molar-refractivity contribution < 1.29 is 28.5 Å². The fourth-order valence-corrected chi connectivity index (χ4v) is 5.36. The van der Waals surface area contributed by atoms with Gasteiger partial charge in [0.2, 0.25) is 5.95 Å². The van der Waals surface area contributed by atoms with E-state index < -0.39 is 30.3 Å². The van der Waals surface area contributed by atoms with E-state index in [0.717, 1.165) is 0 Å². The number of carbonyl (C=O) groups excluding carboxylic acids is 1. The average Bonchev–Trinajstić information content (AvgIpc) is 3.54. The summed E-state index contributed by atoms with van der Waals surface area (Å²) in [6.45, 7) is 4.48. The van der Waals surface area contributed by atoms with Crippen molar-refractivity contribution in [1.82, 2.24) is 24.4 Å². The monoisotopic (exact) mass is 532 g/mol. The largest absolute Gasteiger partial charge is 0.447 e. The van der Waals surface area contributed by atoms with Gasteiger partial charge in [-0.05, 0) is 32.4 Å². The van der Waals surface area contributed by atoms with Gasteiger partial charge < -0.3 is 29.2 Å². The van der Waals surface area contributed by atoms with Gasteiger partial charge >= 0.3 is 6.09 Å². The summed E-state index contributed by atoms with van der Waals surface area (Å²) < 4.78 is 33.5. The Labute approximate surface area is 216 Å². The highest BCUT2D eigenvalue weighted by molar-refractivity contribution is 6.33. The fourth-order valence-electron chi connectivity index (χ4n) is 5.16. The summed E-state index contributed by atoms with van der Waals surface area (Å²) in [4.78, 5) is 26.8. The van der Waals surface area contributed by atoms with E-state index in [1.807, 2.05) is 18.4 Å². The van der Waals surface area contributed by atoms with E-state index in [0.29, 0.717) is 35.6 Å². The second kappa shape index (κ2) is 9.05. The summed E-state index contributed by atoms with van der Waals surface area (Å²) in [7, 11) is 1.63. The number of likely N-dealkylation sites (N-methyl/N-ethyl adjacent to an activating group) is 1. The SMILES string of the molecule is CC(C)n1c([C@@H]2COC(=O)N2C)nc2c(F)cc(-c3nc(N[C@@H]4C[C@H]5CO[C@H](O5)[C@H]4O)ncc3Cl)cc21. The van der Waals surface area contributed by atoms with E-state index in [1.165, 1.54) is 17.2 Å². The number of aliphatic hydroxyl groups is 1. The van der Waals surface area contributed by atoms with Gasteiger partial charge in [0, 0.05) is 18.7 Å². The summed E-state index contributed by atoms with van der Waals surface area (Å²) in [6, 6.07) is 2.22. The van der Waals surface area contributed by atoms with E-state index in [1.54, 1.807) is 13.1 Å². The molecule has 1 aromatic carbocycles. The molecule has 6 rings (SSSR count). The van der Waals surface area contributed by atoms with Gasteiger partial charge in [-0.1, -0.05) is 11.6 Å². The van der Waals surface area contributed by atoms with Gasteiger partial charge in [0.25, 0.3) is 0 Å². The molecule has 3 fully saturated rings. The minimum atomic E-state index is -0.890. The van der Waals surface area contributed by atoms with Gasteiger partial charge in [0.1, 0.15) is 30.1 Å². The van der Waals surface area contributed by atoms with Gasteiger partial charge in [0.05, 0.1) is 41.2 Å². The van der Waals surface area contributed by atoms with E-state index in [4.69, 9.17) is 25.8 Å². The van der Waals surface area contributed by atoms with E-state index in [2.05, 4.69) is 20.3 Å². The Bertz CT molecular complexity index is 1390. The van der Waals surface area contributed by atoms with Crippen LogP contribution in [0.5, 0.6) is 0 Å². The van der Waals surface area contributed by atoms with Gasteiger partial charge in [-0.2, -0.15) is 0 Å². The Morgan fingerprint density at radius 1 is 1.27 bits per heavy atom. The lowest BCUT2D eigenvalue weighted by molar-refractivity contribution is -0.156. The van der Waals surface area contributed by atoms with Crippen LogP contribution in [0, 0.1) is 5.82 Å². The van der Waals surface area contributed by atoms with Crippen LogP contribution in [0.1, 0.15) is 38.2 Å². The molecule has 3 aliphatic heterocycles. The number of fused-ring (bicyclic) bond motifs is 3. The molecule has 2 bridgehead atoms. The number of anilines is 1. The van der Waals surface area contributed by atoms with Crippen molar-refractivity contribution in [3.8, 4) is 11.3 Å². The number of ether oxygens (including phenoxy) is 3. The first-order chi connectivity index (χ1) is 17.7. The zero-order valence-corrected chi connectivity index (χ0v) is 21.1. The second-order valence-electron chi connectivity index (χ2n) is 9.79. The van der Waals surface area contributed by atoms with Crippen LogP contribution in [-0.4, -0.2) is 80.4 Å². The van der Waals surface area contributed by atoms with Crippen molar-refractivity contribution in [3.05, 3.63) is 35.0 Å². The number of rotatable bonds is 5. The van der Waals surface area contributed by atoms with Crippen molar-refractivity contribution in [3.63, 3.8) is 0 Å². The molecule has 0 spiro atoms. The first-order valence-electron chi connectivity index (χ1n) is 12.1. The van der Waals surface area contributed by atoms with Crippen molar-refractivity contribution in [1.29, 1.82) is 0 Å². The lowest BCUT2D eigenvalue weighted by Crippen LogP contribution is -2.48. The van der Waals surface area contributed by atoms with E-state index in [-0.39, 0.29) is 41.3 Å². The van der Waals surface area contributed by atoms with Crippen molar-refractivity contribution in [2.24, 2.45) is 0 Å². The smallest absolute Gasteiger partial charge is 0.410 e. The normalized spacial score (nSPS) is 27.4. The number of nitrogens with zero attached hydrogens (tertiary/aromatic N) is 5. The molecule has 0 aliphatic carbocycles. The molecule has 5 atom stereocenters. The van der Waals surface area contributed by atoms with Gasteiger partial charge in [0.15, 0.2) is 12.1 Å². The molecule has 3 aliphatic rings. The molecule has 3 saturated heterocycles. The van der Waals surface area contributed by atoms with Crippen LogP contribution in [0.3, 0.4) is 0 Å². The summed E-state index contributed by atoms with van der Waals surface area (Å²) in [6.07, 6.45) is -0.178. The average molecular weight is 533 g/mol. The third-order valence-electron chi connectivity index (χ3n) is 7.02. The minimum Gasteiger partial charge on any atom is -0.447 e. The summed E-state index contributed by atoms with van der Waals surface area (Å²) >= 11 is 6.46. The van der Waals surface area contributed by atoms with Gasteiger partial charge in [-0.3, -0.25) is 4.90 Å². The molecule has 2 N–H and O–H groups in total. The lowest BCUT2D eigenvalue weighted by atomic mass is 10.0. The number of nitrogens with one attached hydrogen (secondary N) is 1. The quantitative estimate of drug-likeness (QED) is 0.509. The third kappa shape index (κ3) is 4.08. The fraction of sp³-hybridized carbons (Fsp3) is 0.500. The van der Waals surface area contributed by atoms with Crippen LogP contribution in [0.2, 0.25) is 5.02 Å². The number of hydrogen-bond acceptors (Lipinski definition) is 9. The predicted octanol–water partition coefficient (Wildman–Crippen LogP) is 3.28. The number of amides is 1. The zero-order chi connectivity index (χ0) is 26.0. The number of aliphatic hydroxyl groups excluding tert-OH is 1. The highest BCUT2D eigenvalue weighted by atomic mass is 35.5. The Morgan fingerprint density at radius 2 is 2.08 bits per heavy atom. The van der Waals surface area contributed by atoms with Crippen LogP contribution >= 0.6 is 11.6 Å². The van der Waals surface area contributed by atoms with E-state index >= 15 is 4.39 Å². The van der Waals surface area contributed by atoms with Gasteiger partial charge in [-0.25, -0.2) is 24.1 Å². The van der Waals surface area contributed by atoms with Crippen LogP contribution in [0.15, 0.2) is 18.3 Å². The second-order valence-corrected chi connectivity index (χ2v) is 10.2. The van der Waals surface area contributed by atoms with E-state index in [9.17, 15) is 9.90 Å². The van der Waals surface area contributed by atoms with Crippen LogP contribution < -0.4 is 5.32 Å². The molecular formula is C24H26ClFN6O5. The molecular weight excluding hydrogens is 507 g/mol. The molecule has 0 unspecified atom stereocenters. The molecule has 196 valence electrons. The van der Waals surface area contributed by atoms with Crippen molar-refractivity contribution in [2.75, 3.05) is 25.6 Å². The molecule has 13 heteroatoms. The molecule has 3 aromatic rings. The molecule has 0 saturated carbocycles. The Morgan fingerprint density at radius 3 is 2.81 bits per heavy atom. The van der Waals surface area contributed by atoms with Gasteiger partial charge in [-0.15, -0.1) is 0 Å². The van der Waals surface area contributed by atoms with Crippen molar-refractivity contribution >= 4 is 34.7 Å². The maximum atomic E-state index is 15.4. The number of imidazole rings is 1. The molecule has 0 radical (unpaired) electrons. The van der Waals surface area contributed by atoms with Crippen LogP contribution in [0.25, 0.3) is 22.3 Å². The Balaban J connectivity index is 1.39. The first kappa shape index (κ1) is 24.3. The summed E-state index contributed by atoms with van der Waals surface area (Å²) in [5, 5.41) is 13.9. The number of cyclic esters (lactones) is 1.